The van der Waals surface area contributed by atoms with Crippen molar-refractivity contribution in [1.82, 2.24) is 4.57 Å². The summed E-state index contributed by atoms with van der Waals surface area (Å²) in [7, 11) is 2.97. The molecular weight excluding hydrogens is 410 g/mol. The Balaban J connectivity index is 2.00. The SMILES string of the molecule is COc1ccc([C@H]2CC(=O)Nc3c(C(=O)O)cn(-c4cc(F)cc(F)c4)c32)c(OC)c1. The predicted octanol–water partition coefficient (Wildman–Crippen LogP) is 3.95. The number of carbonyl (C=O) groups excluding carboxylic acids is 1. The highest BCUT2D eigenvalue weighted by Crippen LogP contribution is 2.45. The van der Waals surface area contributed by atoms with Crippen LogP contribution in [0.1, 0.15) is 34.0 Å². The van der Waals surface area contributed by atoms with Gasteiger partial charge in [0, 0.05) is 36.2 Å². The number of nitrogens with zero attached hydrogens (tertiary/aromatic N) is 1. The van der Waals surface area contributed by atoms with E-state index in [2.05, 4.69) is 5.32 Å². The van der Waals surface area contributed by atoms with Crippen LogP contribution in [0.2, 0.25) is 0 Å². The fourth-order valence-electron chi connectivity index (χ4n) is 3.89. The maximum Gasteiger partial charge on any atom is 0.339 e. The molecule has 0 bridgehead atoms. The number of nitrogens with one attached hydrogen (secondary N) is 1. The van der Waals surface area contributed by atoms with Gasteiger partial charge in [0.05, 0.1) is 31.3 Å². The van der Waals surface area contributed by atoms with Crippen LogP contribution in [0.4, 0.5) is 14.5 Å². The number of aromatic carboxylic acids is 1. The number of carbonyl (C=O) groups is 2. The van der Waals surface area contributed by atoms with E-state index in [1.54, 1.807) is 18.2 Å². The van der Waals surface area contributed by atoms with Crippen LogP contribution in [0.15, 0.2) is 42.6 Å². The average Bonchev–Trinajstić information content (AvgIpc) is 3.11. The molecule has 0 unspecified atom stereocenters. The third-order valence-electron chi connectivity index (χ3n) is 5.20. The van der Waals surface area contributed by atoms with Gasteiger partial charge in [-0.15, -0.1) is 0 Å². The van der Waals surface area contributed by atoms with Gasteiger partial charge in [-0.05, 0) is 18.2 Å². The molecule has 2 heterocycles. The lowest BCUT2D eigenvalue weighted by Crippen LogP contribution is -2.25. The molecule has 7 nitrogen and oxygen atoms in total. The average molecular weight is 428 g/mol. The van der Waals surface area contributed by atoms with Gasteiger partial charge in [0.15, 0.2) is 0 Å². The Morgan fingerprint density at radius 3 is 2.45 bits per heavy atom. The summed E-state index contributed by atoms with van der Waals surface area (Å²) in [4.78, 5) is 24.3. The van der Waals surface area contributed by atoms with Crippen molar-refractivity contribution in [2.24, 2.45) is 0 Å². The maximum atomic E-state index is 13.9. The zero-order valence-corrected chi connectivity index (χ0v) is 16.6. The van der Waals surface area contributed by atoms with Crippen molar-refractivity contribution < 1.29 is 33.0 Å². The second-order valence-corrected chi connectivity index (χ2v) is 7.02. The topological polar surface area (TPSA) is 89.8 Å². The molecule has 0 aliphatic carbocycles. The summed E-state index contributed by atoms with van der Waals surface area (Å²) in [6, 6.07) is 7.96. The van der Waals surface area contributed by atoms with Crippen molar-refractivity contribution in [3.63, 3.8) is 0 Å². The quantitative estimate of drug-likeness (QED) is 0.643. The summed E-state index contributed by atoms with van der Waals surface area (Å²) < 4.78 is 39.9. The molecule has 1 aliphatic rings. The molecule has 1 atom stereocenters. The first-order valence-electron chi connectivity index (χ1n) is 9.29. The van der Waals surface area contributed by atoms with E-state index < -0.39 is 23.5 Å². The van der Waals surface area contributed by atoms with Crippen LogP contribution in [0, 0.1) is 11.6 Å². The molecule has 0 saturated carbocycles. The van der Waals surface area contributed by atoms with E-state index in [1.807, 2.05) is 0 Å². The Hall–Kier alpha value is -3.88. The van der Waals surface area contributed by atoms with Crippen molar-refractivity contribution >= 4 is 17.6 Å². The van der Waals surface area contributed by atoms with Crippen molar-refractivity contribution in [3.8, 4) is 17.2 Å². The Bertz CT molecular complexity index is 1180. The molecule has 0 fully saturated rings. The second-order valence-electron chi connectivity index (χ2n) is 7.02. The van der Waals surface area contributed by atoms with Gasteiger partial charge < -0.3 is 24.5 Å². The molecule has 31 heavy (non-hydrogen) atoms. The highest BCUT2D eigenvalue weighted by molar-refractivity contribution is 6.04. The molecule has 4 rings (SSSR count). The third-order valence-corrected chi connectivity index (χ3v) is 5.20. The monoisotopic (exact) mass is 428 g/mol. The van der Waals surface area contributed by atoms with E-state index in [4.69, 9.17) is 9.47 Å². The largest absolute Gasteiger partial charge is 0.497 e. The summed E-state index contributed by atoms with van der Waals surface area (Å²) >= 11 is 0. The summed E-state index contributed by atoms with van der Waals surface area (Å²) in [5, 5.41) is 12.3. The van der Waals surface area contributed by atoms with Crippen molar-refractivity contribution in [2.75, 3.05) is 19.5 Å². The van der Waals surface area contributed by atoms with Crippen molar-refractivity contribution in [2.45, 2.75) is 12.3 Å². The molecule has 3 aromatic rings. The van der Waals surface area contributed by atoms with Crippen molar-refractivity contribution in [3.05, 3.63) is 71.1 Å². The number of fused-ring (bicyclic) bond motifs is 1. The van der Waals surface area contributed by atoms with Crippen molar-refractivity contribution in [1.29, 1.82) is 0 Å². The van der Waals surface area contributed by atoms with Crippen LogP contribution in [-0.2, 0) is 4.79 Å². The molecular formula is C22H18F2N2O5. The third kappa shape index (κ3) is 3.58. The number of benzene rings is 2. The van der Waals surface area contributed by atoms with E-state index in [0.29, 0.717) is 22.8 Å². The van der Waals surface area contributed by atoms with E-state index in [-0.39, 0.29) is 29.3 Å². The minimum atomic E-state index is -1.28. The molecule has 1 aliphatic heterocycles. The van der Waals surface area contributed by atoms with Gasteiger partial charge >= 0.3 is 5.97 Å². The molecule has 2 aromatic carbocycles. The number of methoxy groups -OCH3 is 2. The molecule has 0 saturated heterocycles. The highest BCUT2D eigenvalue weighted by Gasteiger charge is 2.36. The number of halogens is 2. The number of anilines is 1. The first-order chi connectivity index (χ1) is 14.8. The van der Waals surface area contributed by atoms with E-state index in [9.17, 15) is 23.5 Å². The summed E-state index contributed by atoms with van der Waals surface area (Å²) in [6.07, 6.45) is 1.23. The first-order valence-corrected chi connectivity index (χ1v) is 9.29. The highest BCUT2D eigenvalue weighted by atomic mass is 19.1. The van der Waals surface area contributed by atoms with Gasteiger partial charge in [-0.1, -0.05) is 6.07 Å². The van der Waals surface area contributed by atoms with Crippen LogP contribution in [0.25, 0.3) is 5.69 Å². The lowest BCUT2D eigenvalue weighted by atomic mass is 9.87. The molecule has 1 aromatic heterocycles. The van der Waals surface area contributed by atoms with Crippen LogP contribution in [0.3, 0.4) is 0 Å². The van der Waals surface area contributed by atoms with E-state index >= 15 is 0 Å². The smallest absolute Gasteiger partial charge is 0.339 e. The molecule has 2 N–H and O–H groups in total. The molecule has 1 amide bonds. The molecule has 0 radical (unpaired) electrons. The van der Waals surface area contributed by atoms with Gasteiger partial charge in [-0.2, -0.15) is 0 Å². The lowest BCUT2D eigenvalue weighted by molar-refractivity contribution is -0.116. The van der Waals surface area contributed by atoms with Crippen LogP contribution in [-0.4, -0.2) is 35.8 Å². The normalized spacial score (nSPS) is 15.2. The van der Waals surface area contributed by atoms with Gasteiger partial charge in [0.2, 0.25) is 5.91 Å². The summed E-state index contributed by atoms with van der Waals surface area (Å²) in [5.74, 6) is -2.96. The number of hydrogen-bond donors (Lipinski definition) is 2. The summed E-state index contributed by atoms with van der Waals surface area (Å²) in [6.45, 7) is 0. The summed E-state index contributed by atoms with van der Waals surface area (Å²) in [5.41, 5.74) is 0.967. The van der Waals surface area contributed by atoms with Crippen LogP contribution < -0.4 is 14.8 Å². The fourth-order valence-corrected chi connectivity index (χ4v) is 3.89. The number of carboxylic acid groups (broad SMARTS) is 1. The van der Waals surface area contributed by atoms with Crippen LogP contribution >= 0.6 is 0 Å². The van der Waals surface area contributed by atoms with Gasteiger partial charge in [-0.25, -0.2) is 13.6 Å². The predicted molar refractivity (Wildman–Crippen MR) is 107 cm³/mol. The maximum absolute atomic E-state index is 13.9. The standard InChI is InChI=1S/C22H18F2N2O5/c1-30-14-3-4-15(18(8-14)31-2)16-9-19(27)25-20-17(22(28)29)10-26(21(16)20)13-6-11(23)5-12(24)7-13/h3-8,10,16H,9H2,1-2H3,(H,25,27)(H,28,29)/t16-/m1/s1. The van der Waals surface area contributed by atoms with Gasteiger partial charge in [-0.3, -0.25) is 4.79 Å². The second kappa shape index (κ2) is 7.75. The first kappa shape index (κ1) is 20.4. The van der Waals surface area contributed by atoms with E-state index in [1.165, 1.54) is 25.0 Å². The Labute approximate surface area is 175 Å². The number of hydrogen-bond acceptors (Lipinski definition) is 4. The lowest BCUT2D eigenvalue weighted by Gasteiger charge is -2.27. The number of ether oxygens (including phenoxy) is 2. The Kier molecular flexibility index (Phi) is 5.10. The molecule has 9 heteroatoms. The molecule has 160 valence electrons. The zero-order chi connectivity index (χ0) is 22.3. The molecule has 0 spiro atoms. The number of carboxylic acids is 1. The van der Waals surface area contributed by atoms with E-state index in [0.717, 1.165) is 18.2 Å². The van der Waals surface area contributed by atoms with Gasteiger partial charge in [0.25, 0.3) is 0 Å². The number of rotatable bonds is 5. The minimum Gasteiger partial charge on any atom is -0.497 e. The fraction of sp³-hybridized carbons (Fsp3) is 0.182. The Morgan fingerprint density at radius 2 is 1.84 bits per heavy atom. The van der Waals surface area contributed by atoms with Gasteiger partial charge in [0.1, 0.15) is 28.7 Å². The minimum absolute atomic E-state index is 0.0173. The zero-order valence-electron chi connectivity index (χ0n) is 16.6. The number of amides is 1. The van der Waals surface area contributed by atoms with Crippen LogP contribution in [0.5, 0.6) is 11.5 Å². The number of aromatic nitrogens is 1. The Morgan fingerprint density at radius 1 is 1.13 bits per heavy atom.